The van der Waals surface area contributed by atoms with Crippen LogP contribution in [0.15, 0.2) is 4.99 Å². The van der Waals surface area contributed by atoms with Crippen molar-refractivity contribution < 1.29 is 0 Å². The quantitative estimate of drug-likeness (QED) is 0.548. The van der Waals surface area contributed by atoms with Crippen LogP contribution in [0.3, 0.4) is 0 Å². The van der Waals surface area contributed by atoms with Gasteiger partial charge in [-0.2, -0.15) is 0 Å². The number of hydrogen-bond donors (Lipinski definition) is 0. The Labute approximate surface area is 131 Å². The largest absolute Gasteiger partial charge is 0.344 e. The topological polar surface area (TPSA) is 18.8 Å². The molecule has 0 saturated carbocycles. The molecule has 1 fully saturated rings. The van der Waals surface area contributed by atoms with Crippen LogP contribution in [0.4, 0.5) is 0 Å². The summed E-state index contributed by atoms with van der Waals surface area (Å²) < 4.78 is 0. The average Bonchev–Trinajstić information content (AvgIpc) is 2.73. The van der Waals surface area contributed by atoms with Gasteiger partial charge in [-0.25, -0.2) is 4.99 Å². The molecular formula is C18H33N3. The lowest BCUT2D eigenvalue weighted by Gasteiger charge is -2.24. The predicted molar refractivity (Wildman–Crippen MR) is 92.5 cm³/mol. The van der Waals surface area contributed by atoms with Crippen LogP contribution in [-0.4, -0.2) is 48.0 Å². The third-order valence-corrected chi connectivity index (χ3v) is 3.49. The second-order valence-electron chi connectivity index (χ2n) is 6.91. The van der Waals surface area contributed by atoms with Gasteiger partial charge in [0, 0.05) is 39.5 Å². The van der Waals surface area contributed by atoms with E-state index < -0.39 is 0 Å². The maximum Gasteiger partial charge on any atom is 0.196 e. The molecule has 1 aliphatic heterocycles. The SMILES string of the molecule is CCCC#CCCCCCN1CCN(C)C1=NC(C)(C)C. The fraction of sp³-hybridized carbons (Fsp3) is 0.833. The first-order valence-corrected chi connectivity index (χ1v) is 8.45. The van der Waals surface area contributed by atoms with Gasteiger partial charge < -0.3 is 9.80 Å². The Morgan fingerprint density at radius 2 is 1.76 bits per heavy atom. The lowest BCUT2D eigenvalue weighted by molar-refractivity contribution is 0.430. The third-order valence-electron chi connectivity index (χ3n) is 3.49. The molecule has 0 spiro atoms. The van der Waals surface area contributed by atoms with Crippen LogP contribution in [0.2, 0.25) is 0 Å². The number of rotatable bonds is 6. The van der Waals surface area contributed by atoms with Crippen molar-refractivity contribution in [3.8, 4) is 11.8 Å². The Morgan fingerprint density at radius 1 is 1.05 bits per heavy atom. The highest BCUT2D eigenvalue weighted by molar-refractivity contribution is 5.82. The molecule has 1 saturated heterocycles. The minimum absolute atomic E-state index is 0.00104. The Hall–Kier alpha value is -1.17. The molecule has 0 radical (unpaired) electrons. The fourth-order valence-electron chi connectivity index (χ4n) is 2.37. The maximum absolute atomic E-state index is 4.87. The van der Waals surface area contributed by atoms with Crippen molar-refractivity contribution >= 4 is 5.96 Å². The van der Waals surface area contributed by atoms with E-state index in [-0.39, 0.29) is 5.54 Å². The number of aliphatic imine (C=N–C) groups is 1. The van der Waals surface area contributed by atoms with Gasteiger partial charge in [0.1, 0.15) is 0 Å². The number of guanidine groups is 1. The van der Waals surface area contributed by atoms with Crippen LogP contribution >= 0.6 is 0 Å². The van der Waals surface area contributed by atoms with E-state index in [1.54, 1.807) is 0 Å². The molecule has 1 heterocycles. The Bertz CT molecular complexity index is 381. The molecular weight excluding hydrogens is 258 g/mol. The number of nitrogens with zero attached hydrogens (tertiary/aromatic N) is 3. The zero-order valence-electron chi connectivity index (χ0n) is 14.7. The van der Waals surface area contributed by atoms with Crippen LogP contribution in [-0.2, 0) is 0 Å². The van der Waals surface area contributed by atoms with E-state index in [0.717, 1.165) is 32.5 Å². The first-order valence-electron chi connectivity index (χ1n) is 8.45. The zero-order valence-corrected chi connectivity index (χ0v) is 14.7. The van der Waals surface area contributed by atoms with Gasteiger partial charge in [-0.15, -0.1) is 11.8 Å². The first kappa shape index (κ1) is 17.9. The summed E-state index contributed by atoms with van der Waals surface area (Å²) >= 11 is 0. The van der Waals surface area contributed by atoms with Crippen molar-refractivity contribution in [1.29, 1.82) is 0 Å². The first-order chi connectivity index (χ1) is 9.94. The summed E-state index contributed by atoms with van der Waals surface area (Å²) in [5, 5.41) is 0. The second-order valence-corrected chi connectivity index (χ2v) is 6.91. The highest BCUT2D eigenvalue weighted by Gasteiger charge is 2.24. The molecule has 120 valence electrons. The van der Waals surface area contributed by atoms with Crippen LogP contribution in [0.1, 0.15) is 66.2 Å². The minimum Gasteiger partial charge on any atom is -0.344 e. The smallest absolute Gasteiger partial charge is 0.196 e. The van der Waals surface area contributed by atoms with Crippen molar-refractivity contribution in [3.05, 3.63) is 0 Å². The van der Waals surface area contributed by atoms with Crippen molar-refractivity contribution in [1.82, 2.24) is 9.80 Å². The van der Waals surface area contributed by atoms with Crippen molar-refractivity contribution in [2.24, 2.45) is 4.99 Å². The van der Waals surface area contributed by atoms with E-state index in [1.165, 1.54) is 31.6 Å². The molecule has 0 atom stereocenters. The Kier molecular flexibility index (Phi) is 7.64. The second kappa shape index (κ2) is 8.97. The van der Waals surface area contributed by atoms with Gasteiger partial charge in [0.2, 0.25) is 0 Å². The molecule has 0 aliphatic carbocycles. The van der Waals surface area contributed by atoms with Gasteiger partial charge in [-0.1, -0.05) is 13.3 Å². The van der Waals surface area contributed by atoms with Crippen molar-refractivity contribution in [2.75, 3.05) is 26.7 Å². The van der Waals surface area contributed by atoms with Gasteiger partial charge in [0.05, 0.1) is 5.54 Å². The molecule has 21 heavy (non-hydrogen) atoms. The van der Waals surface area contributed by atoms with Gasteiger partial charge in [0.25, 0.3) is 0 Å². The number of likely N-dealkylation sites (N-methyl/N-ethyl adjacent to an activating group) is 1. The number of unbranched alkanes of at least 4 members (excludes halogenated alkanes) is 4. The lowest BCUT2D eigenvalue weighted by atomic mass is 10.1. The van der Waals surface area contributed by atoms with Gasteiger partial charge in [-0.3, -0.25) is 0 Å². The summed E-state index contributed by atoms with van der Waals surface area (Å²) in [5.41, 5.74) is 0.00104. The van der Waals surface area contributed by atoms with E-state index in [9.17, 15) is 0 Å². The molecule has 1 aliphatic rings. The van der Waals surface area contributed by atoms with E-state index in [0.29, 0.717) is 0 Å². The summed E-state index contributed by atoms with van der Waals surface area (Å²) in [6.07, 6.45) is 7.02. The lowest BCUT2D eigenvalue weighted by Crippen LogP contribution is -2.34. The minimum atomic E-state index is 0.00104. The molecule has 0 bridgehead atoms. The summed E-state index contributed by atoms with van der Waals surface area (Å²) in [6.45, 7) is 12.0. The van der Waals surface area contributed by atoms with Gasteiger partial charge >= 0.3 is 0 Å². The molecule has 0 amide bonds. The van der Waals surface area contributed by atoms with E-state index in [1.807, 2.05) is 0 Å². The van der Waals surface area contributed by atoms with E-state index in [4.69, 9.17) is 4.99 Å². The molecule has 0 aromatic carbocycles. The van der Waals surface area contributed by atoms with E-state index >= 15 is 0 Å². The van der Waals surface area contributed by atoms with Crippen molar-refractivity contribution in [3.63, 3.8) is 0 Å². The molecule has 0 aromatic heterocycles. The summed E-state index contributed by atoms with van der Waals surface area (Å²) in [5.74, 6) is 7.66. The fourth-order valence-corrected chi connectivity index (χ4v) is 2.37. The Morgan fingerprint density at radius 3 is 2.43 bits per heavy atom. The predicted octanol–water partition coefficient (Wildman–Crippen LogP) is 3.75. The molecule has 3 heteroatoms. The standard InChI is InChI=1S/C18H33N3/c1-6-7-8-9-10-11-12-13-14-21-16-15-20(5)17(21)19-18(2,3)4/h6-7,10-16H2,1-5H3. The molecule has 3 nitrogen and oxygen atoms in total. The van der Waals surface area contributed by atoms with Crippen LogP contribution in [0.25, 0.3) is 0 Å². The Balaban J connectivity index is 2.28. The molecule has 0 N–H and O–H groups in total. The molecule has 0 aromatic rings. The zero-order chi connectivity index (χ0) is 15.7. The van der Waals surface area contributed by atoms with Crippen LogP contribution in [0, 0.1) is 11.8 Å². The van der Waals surface area contributed by atoms with E-state index in [2.05, 4.69) is 56.4 Å². The highest BCUT2D eigenvalue weighted by atomic mass is 15.4. The van der Waals surface area contributed by atoms with Crippen molar-refractivity contribution in [2.45, 2.75) is 71.8 Å². The number of hydrogen-bond acceptors (Lipinski definition) is 1. The monoisotopic (exact) mass is 291 g/mol. The molecule has 0 unspecified atom stereocenters. The summed E-state index contributed by atoms with van der Waals surface area (Å²) in [7, 11) is 2.15. The van der Waals surface area contributed by atoms with Crippen LogP contribution < -0.4 is 0 Å². The summed E-state index contributed by atoms with van der Waals surface area (Å²) in [4.78, 5) is 9.58. The van der Waals surface area contributed by atoms with Crippen LogP contribution in [0.5, 0.6) is 0 Å². The highest BCUT2D eigenvalue weighted by Crippen LogP contribution is 2.15. The third kappa shape index (κ3) is 7.41. The van der Waals surface area contributed by atoms with Gasteiger partial charge in [0.15, 0.2) is 5.96 Å². The maximum atomic E-state index is 4.87. The van der Waals surface area contributed by atoms with Gasteiger partial charge in [-0.05, 0) is 40.0 Å². The average molecular weight is 291 g/mol. The molecule has 1 rings (SSSR count). The summed E-state index contributed by atoms with van der Waals surface area (Å²) in [6, 6.07) is 0. The normalized spacial score (nSPS) is 17.3.